The van der Waals surface area contributed by atoms with E-state index in [0.717, 1.165) is 22.0 Å². The van der Waals surface area contributed by atoms with Gasteiger partial charge in [0.1, 0.15) is 5.58 Å². The van der Waals surface area contributed by atoms with Crippen molar-refractivity contribution in [2.24, 2.45) is 5.41 Å². The van der Waals surface area contributed by atoms with Crippen molar-refractivity contribution >= 4 is 35.2 Å². The topological polar surface area (TPSA) is 38.9 Å². The maximum atomic E-state index is 8.73. The van der Waals surface area contributed by atoms with E-state index in [4.69, 9.17) is 15.4 Å². The summed E-state index contributed by atoms with van der Waals surface area (Å²) in [5.41, 5.74) is 2.80. The normalized spacial score (nSPS) is 15.3. The number of aromatic nitrogens is 2. The molecule has 43 heavy (non-hydrogen) atoms. The molecule has 0 aliphatic rings. The number of furan rings is 1. The summed E-state index contributed by atoms with van der Waals surface area (Å²) in [4.78, 5) is 8.86. The number of rotatable bonds is 4. The van der Waals surface area contributed by atoms with Gasteiger partial charge in [0.2, 0.25) is 0 Å². The van der Waals surface area contributed by atoms with Gasteiger partial charge < -0.3 is 14.4 Å². The van der Waals surface area contributed by atoms with Crippen molar-refractivity contribution in [2.75, 3.05) is 0 Å². The maximum absolute atomic E-state index is 8.73. The minimum Gasteiger partial charge on any atom is -0.501 e. The van der Waals surface area contributed by atoms with Crippen LogP contribution in [0.2, 0.25) is 19.6 Å². The van der Waals surface area contributed by atoms with Crippen LogP contribution in [-0.4, -0.2) is 18.0 Å². The molecule has 0 saturated heterocycles. The Hall–Kier alpha value is -3.37. The molecular weight excluding hydrogens is 721 g/mol. The van der Waals surface area contributed by atoms with Crippen LogP contribution >= 0.6 is 0 Å². The summed E-state index contributed by atoms with van der Waals surface area (Å²) in [7, 11) is -1.23. The molecule has 0 aliphatic heterocycles. The first-order valence-electron chi connectivity index (χ1n) is 17.9. The van der Waals surface area contributed by atoms with Crippen LogP contribution in [0.3, 0.4) is 0 Å². The van der Waals surface area contributed by atoms with Crippen molar-refractivity contribution in [1.82, 2.24) is 9.97 Å². The van der Waals surface area contributed by atoms with E-state index in [-0.39, 0.29) is 36.8 Å². The van der Waals surface area contributed by atoms with E-state index in [1.807, 2.05) is 30.5 Å². The number of aryl methyl sites for hydroxylation is 2. The van der Waals surface area contributed by atoms with Crippen molar-refractivity contribution in [3.63, 3.8) is 0 Å². The van der Waals surface area contributed by atoms with Crippen LogP contribution in [0.25, 0.3) is 44.5 Å². The number of fused-ring (bicyclic) bond motifs is 3. The van der Waals surface area contributed by atoms with Gasteiger partial charge in [-0.2, -0.15) is 0 Å². The average molecular weight is 769 g/mol. The fourth-order valence-electron chi connectivity index (χ4n) is 4.58. The van der Waals surface area contributed by atoms with E-state index in [2.05, 4.69) is 53.9 Å². The molecule has 0 unspecified atom stereocenters. The van der Waals surface area contributed by atoms with E-state index in [0.29, 0.717) is 22.4 Å². The van der Waals surface area contributed by atoms with E-state index in [1.54, 1.807) is 45.0 Å². The van der Waals surface area contributed by atoms with Gasteiger partial charge in [0.05, 0.1) is 13.7 Å². The molecule has 0 saturated carbocycles. The number of benzene rings is 3. The first-order valence-corrected chi connectivity index (χ1v) is 17.4. The predicted octanol–water partition coefficient (Wildman–Crippen LogP) is 9.75. The number of hydrogen-bond donors (Lipinski definition) is 0. The van der Waals surface area contributed by atoms with E-state index in [9.17, 15) is 0 Å². The molecule has 6 aromatic rings. The molecule has 3 aromatic heterocycles. The zero-order chi connectivity index (χ0) is 36.9. The summed E-state index contributed by atoms with van der Waals surface area (Å²) in [6.07, 6.45) is 1.25. The van der Waals surface area contributed by atoms with Gasteiger partial charge in [0, 0.05) is 48.9 Å². The van der Waals surface area contributed by atoms with Crippen LogP contribution in [0.4, 0.5) is 0 Å². The average Bonchev–Trinajstić information content (AvgIpc) is 3.42. The Morgan fingerprint density at radius 2 is 1.67 bits per heavy atom. The van der Waals surface area contributed by atoms with E-state index in [1.165, 1.54) is 23.5 Å². The Kier molecular flexibility index (Phi) is 7.02. The van der Waals surface area contributed by atoms with Crippen molar-refractivity contribution in [3.05, 3.63) is 114 Å². The standard InChI is InChI=1S/C24H24NO.C14H16NSi.Ir/c1-15-9-10-18-19-7-6-8-20(23(19)26-22(18)11-15)21-12-17(13-24(3,4)5)16(2)14-25-21;1-16(2,3)13-9-10-14(15-11-13)12-7-5-4-6-8-12;/h6-7,9-12,14H,13H2,1-5H3;4-7,9-11H,1-3H3;/q2*-1;/i1D3,2D3,13D2;;. The summed E-state index contributed by atoms with van der Waals surface area (Å²) in [5.74, 6) is 0. The number of pyridine rings is 2. The fraction of sp³-hybridized carbons (Fsp3) is 0.263. The summed E-state index contributed by atoms with van der Waals surface area (Å²) in [6, 6.07) is 28.2. The van der Waals surface area contributed by atoms with Crippen LogP contribution in [0, 0.1) is 31.3 Å². The Morgan fingerprint density at radius 3 is 2.33 bits per heavy atom. The molecule has 223 valence electrons. The molecule has 1 radical (unpaired) electrons. The van der Waals surface area contributed by atoms with Crippen molar-refractivity contribution in [1.29, 1.82) is 0 Å². The Morgan fingerprint density at radius 1 is 0.860 bits per heavy atom. The van der Waals surface area contributed by atoms with Gasteiger partial charge in [-0.3, -0.25) is 0 Å². The summed E-state index contributed by atoms with van der Waals surface area (Å²) in [6.45, 7) is 7.32. The zero-order valence-electron chi connectivity index (χ0n) is 33.2. The first kappa shape index (κ1) is 23.1. The molecule has 3 aromatic carbocycles. The van der Waals surface area contributed by atoms with Crippen molar-refractivity contribution in [2.45, 2.75) is 60.5 Å². The minimum absolute atomic E-state index is 0. The van der Waals surface area contributed by atoms with Crippen LogP contribution in [0.1, 0.15) is 48.4 Å². The molecule has 0 fully saturated rings. The molecule has 0 N–H and O–H groups in total. The quantitative estimate of drug-likeness (QED) is 0.133. The maximum Gasteiger partial charge on any atom is 0.121 e. The molecule has 3 nitrogen and oxygen atoms in total. The molecule has 0 spiro atoms. The second kappa shape index (κ2) is 13.1. The Labute approximate surface area is 282 Å². The monoisotopic (exact) mass is 769 g/mol. The van der Waals surface area contributed by atoms with Crippen LogP contribution < -0.4 is 5.19 Å². The SMILES string of the molecule is C[Si](C)(C)c1ccc(-c2[c-]cccc2)nc1.[2H]C([2H])([2H])c1ccc2c(c1)oc1c(-c3cc(C([2H])([2H])C(C)(C)C)c(C([2H])([2H])[2H])cn3)[c-]ccc12.[Ir]. The molecule has 3 heterocycles. The minimum atomic E-state index is -2.54. The molecular formula is C38H40IrN2OSi-2. The number of hydrogen-bond acceptors (Lipinski definition) is 3. The third-order valence-corrected chi connectivity index (χ3v) is 8.75. The molecule has 5 heteroatoms. The van der Waals surface area contributed by atoms with Crippen LogP contribution in [-0.2, 0) is 26.5 Å². The van der Waals surface area contributed by atoms with Gasteiger partial charge in [-0.05, 0) is 59.3 Å². The van der Waals surface area contributed by atoms with E-state index >= 15 is 0 Å². The molecule has 0 aliphatic carbocycles. The summed E-state index contributed by atoms with van der Waals surface area (Å²) < 4.78 is 70.2. The fourth-order valence-corrected chi connectivity index (χ4v) is 5.62. The summed E-state index contributed by atoms with van der Waals surface area (Å²) >= 11 is 0. The van der Waals surface area contributed by atoms with Gasteiger partial charge in [-0.15, -0.1) is 54.1 Å². The number of nitrogens with zero attached hydrogens (tertiary/aromatic N) is 2. The van der Waals surface area contributed by atoms with Crippen LogP contribution in [0.5, 0.6) is 0 Å². The molecule has 0 bridgehead atoms. The third-order valence-electron chi connectivity index (χ3n) is 6.72. The third kappa shape index (κ3) is 7.78. The Balaban J connectivity index is 0.000000288. The zero-order valence-corrected chi connectivity index (χ0v) is 28.6. The molecule has 6 rings (SSSR count). The predicted molar refractivity (Wildman–Crippen MR) is 180 cm³/mol. The Bertz CT molecular complexity index is 2130. The van der Waals surface area contributed by atoms with Gasteiger partial charge in [-0.25, -0.2) is 0 Å². The molecule has 0 amide bonds. The van der Waals surface area contributed by atoms with Gasteiger partial charge in [0.25, 0.3) is 0 Å². The second-order valence-electron chi connectivity index (χ2n) is 12.4. The molecule has 0 atom stereocenters. The second-order valence-corrected chi connectivity index (χ2v) is 17.4. The van der Waals surface area contributed by atoms with Crippen molar-refractivity contribution in [3.8, 4) is 22.5 Å². The first-order chi connectivity index (χ1) is 23.1. The van der Waals surface area contributed by atoms with Gasteiger partial charge >= 0.3 is 0 Å². The summed E-state index contributed by atoms with van der Waals surface area (Å²) in [5, 5.41) is 2.85. The van der Waals surface area contributed by atoms with Gasteiger partial charge in [-0.1, -0.05) is 87.3 Å². The van der Waals surface area contributed by atoms with Crippen LogP contribution in [0.15, 0.2) is 89.6 Å². The smallest absolute Gasteiger partial charge is 0.121 e. The van der Waals surface area contributed by atoms with E-state index < -0.39 is 33.6 Å². The van der Waals surface area contributed by atoms with Crippen molar-refractivity contribution < 1.29 is 35.5 Å². The largest absolute Gasteiger partial charge is 0.501 e. The van der Waals surface area contributed by atoms with Gasteiger partial charge in [0.15, 0.2) is 0 Å².